The Balaban J connectivity index is 2.64. The monoisotopic (exact) mass is 261 g/mol. The average molecular weight is 262 g/mol. The lowest BCUT2D eigenvalue weighted by Crippen LogP contribution is -2.29. The van der Waals surface area contributed by atoms with E-state index < -0.39 is 0 Å². The molecule has 3 nitrogen and oxygen atoms in total. The molecule has 0 heterocycles. The van der Waals surface area contributed by atoms with E-state index in [1.807, 2.05) is 0 Å². The number of ketones is 2. The van der Waals surface area contributed by atoms with Crippen molar-refractivity contribution in [2.45, 2.75) is 6.92 Å². The Morgan fingerprint density at radius 1 is 1.17 bits per heavy atom. The lowest BCUT2D eigenvalue weighted by atomic mass is 9.92. The number of rotatable bonds is 2. The highest BCUT2D eigenvalue weighted by atomic mass is 35.5. The standard InChI is InChI=1S/C14H12ClNO2/c1-8(2)16(3)12-11(15)13(17)9-6-4-5-7-10(9)14(12)18/h4-7H,1H2,2-3H3. The van der Waals surface area contributed by atoms with Gasteiger partial charge in [0.2, 0.25) is 11.6 Å². The maximum absolute atomic E-state index is 12.3. The maximum Gasteiger partial charge on any atom is 0.211 e. The molecule has 0 saturated heterocycles. The van der Waals surface area contributed by atoms with Crippen molar-refractivity contribution in [1.82, 2.24) is 4.90 Å². The summed E-state index contributed by atoms with van der Waals surface area (Å²) in [4.78, 5) is 26.0. The summed E-state index contributed by atoms with van der Waals surface area (Å²) in [6.45, 7) is 5.50. The van der Waals surface area contributed by atoms with Crippen LogP contribution in [0.3, 0.4) is 0 Å². The number of carbonyl (C=O) groups is 2. The third-order valence-corrected chi connectivity index (χ3v) is 3.30. The van der Waals surface area contributed by atoms with Crippen LogP contribution in [-0.4, -0.2) is 23.5 Å². The molecule has 1 aromatic carbocycles. The highest BCUT2D eigenvalue weighted by Gasteiger charge is 2.33. The molecule has 4 heteroatoms. The minimum absolute atomic E-state index is 0.0517. The van der Waals surface area contributed by atoms with Crippen molar-refractivity contribution in [3.05, 3.63) is 58.4 Å². The first-order valence-electron chi connectivity index (χ1n) is 5.42. The predicted octanol–water partition coefficient (Wildman–Crippen LogP) is 2.98. The van der Waals surface area contributed by atoms with Gasteiger partial charge in [-0.15, -0.1) is 0 Å². The summed E-state index contributed by atoms with van der Waals surface area (Å²) in [7, 11) is 1.67. The molecule has 1 aromatic rings. The van der Waals surface area contributed by atoms with E-state index in [0.717, 1.165) is 0 Å². The first kappa shape index (κ1) is 12.6. The first-order chi connectivity index (χ1) is 8.45. The Kier molecular flexibility index (Phi) is 3.09. The van der Waals surface area contributed by atoms with Gasteiger partial charge < -0.3 is 4.90 Å². The number of Topliss-reactive ketones (excluding diaryl/α,β-unsaturated/α-hetero) is 2. The summed E-state index contributed by atoms with van der Waals surface area (Å²) in [5, 5.41) is -0.0517. The van der Waals surface area contributed by atoms with Gasteiger partial charge >= 0.3 is 0 Å². The molecule has 0 bridgehead atoms. The molecule has 0 fully saturated rings. The van der Waals surface area contributed by atoms with E-state index in [-0.39, 0.29) is 22.3 Å². The SMILES string of the molecule is C=C(C)N(C)C1=C(Cl)C(=O)c2ccccc2C1=O. The third-order valence-electron chi connectivity index (χ3n) is 2.95. The normalized spacial score (nSPS) is 14.6. The van der Waals surface area contributed by atoms with Crippen LogP contribution in [0.15, 0.2) is 47.3 Å². The molecular formula is C14H12ClNO2. The van der Waals surface area contributed by atoms with Crippen molar-refractivity contribution in [2.75, 3.05) is 7.05 Å². The van der Waals surface area contributed by atoms with Crippen molar-refractivity contribution in [1.29, 1.82) is 0 Å². The molecule has 18 heavy (non-hydrogen) atoms. The number of allylic oxidation sites excluding steroid dienone is 3. The zero-order valence-corrected chi connectivity index (χ0v) is 10.9. The number of fused-ring (bicyclic) bond motifs is 1. The highest BCUT2D eigenvalue weighted by Crippen LogP contribution is 2.30. The fourth-order valence-electron chi connectivity index (χ4n) is 1.82. The second-order valence-corrected chi connectivity index (χ2v) is 4.54. The molecule has 0 radical (unpaired) electrons. The van der Waals surface area contributed by atoms with E-state index >= 15 is 0 Å². The second kappa shape index (κ2) is 4.42. The van der Waals surface area contributed by atoms with E-state index in [1.54, 1.807) is 43.1 Å². The van der Waals surface area contributed by atoms with Crippen LogP contribution in [-0.2, 0) is 0 Å². The Bertz CT molecular complexity index is 602. The van der Waals surface area contributed by atoms with Gasteiger partial charge in [0.15, 0.2) is 0 Å². The first-order valence-corrected chi connectivity index (χ1v) is 5.80. The summed E-state index contributed by atoms with van der Waals surface area (Å²) in [6, 6.07) is 6.67. The van der Waals surface area contributed by atoms with Gasteiger partial charge in [0.05, 0.1) is 0 Å². The molecule has 0 unspecified atom stereocenters. The zero-order chi connectivity index (χ0) is 13.4. The molecule has 0 spiro atoms. The average Bonchev–Trinajstić information content (AvgIpc) is 2.36. The zero-order valence-electron chi connectivity index (χ0n) is 10.2. The van der Waals surface area contributed by atoms with Gasteiger partial charge in [-0.05, 0) is 6.92 Å². The van der Waals surface area contributed by atoms with Crippen LogP contribution in [0.2, 0.25) is 0 Å². The minimum Gasteiger partial charge on any atom is -0.345 e. The van der Waals surface area contributed by atoms with E-state index in [0.29, 0.717) is 16.8 Å². The number of hydrogen-bond donors (Lipinski definition) is 0. The molecule has 1 aliphatic carbocycles. The number of hydrogen-bond acceptors (Lipinski definition) is 3. The van der Waals surface area contributed by atoms with Gasteiger partial charge in [-0.2, -0.15) is 0 Å². The molecular weight excluding hydrogens is 250 g/mol. The van der Waals surface area contributed by atoms with Gasteiger partial charge in [0.25, 0.3) is 0 Å². The van der Waals surface area contributed by atoms with Gasteiger partial charge in [0.1, 0.15) is 10.7 Å². The smallest absolute Gasteiger partial charge is 0.211 e. The van der Waals surface area contributed by atoms with Crippen molar-refractivity contribution in [3.63, 3.8) is 0 Å². The van der Waals surface area contributed by atoms with Crippen LogP contribution in [0.25, 0.3) is 0 Å². The Morgan fingerprint density at radius 2 is 1.67 bits per heavy atom. The number of benzene rings is 1. The van der Waals surface area contributed by atoms with Crippen LogP contribution in [0.1, 0.15) is 27.6 Å². The molecule has 0 saturated carbocycles. The Labute approximate surface area is 110 Å². The number of nitrogens with zero attached hydrogens (tertiary/aromatic N) is 1. The van der Waals surface area contributed by atoms with Crippen molar-refractivity contribution in [2.24, 2.45) is 0 Å². The van der Waals surface area contributed by atoms with E-state index in [2.05, 4.69) is 6.58 Å². The van der Waals surface area contributed by atoms with E-state index in [9.17, 15) is 9.59 Å². The maximum atomic E-state index is 12.3. The lowest BCUT2D eigenvalue weighted by molar-refractivity contribution is 0.0960. The second-order valence-electron chi connectivity index (χ2n) is 4.16. The molecule has 0 N–H and O–H groups in total. The van der Waals surface area contributed by atoms with E-state index in [1.165, 1.54) is 0 Å². The summed E-state index contributed by atoms with van der Waals surface area (Å²) >= 11 is 6.02. The number of carbonyl (C=O) groups excluding carboxylic acids is 2. The van der Waals surface area contributed by atoms with Crippen molar-refractivity contribution >= 4 is 23.2 Å². The lowest BCUT2D eigenvalue weighted by Gasteiger charge is -2.26. The molecule has 0 atom stereocenters. The fourth-order valence-corrected chi connectivity index (χ4v) is 2.14. The van der Waals surface area contributed by atoms with Gasteiger partial charge in [-0.3, -0.25) is 9.59 Å². The largest absolute Gasteiger partial charge is 0.345 e. The van der Waals surface area contributed by atoms with Crippen molar-refractivity contribution < 1.29 is 9.59 Å². The highest BCUT2D eigenvalue weighted by molar-refractivity contribution is 6.49. The number of likely N-dealkylation sites (N-methyl/N-ethyl adjacent to an activating group) is 1. The summed E-state index contributed by atoms with van der Waals surface area (Å²) < 4.78 is 0. The van der Waals surface area contributed by atoms with Gasteiger partial charge in [-0.1, -0.05) is 42.4 Å². The van der Waals surface area contributed by atoms with Crippen LogP contribution in [0, 0.1) is 0 Å². The van der Waals surface area contributed by atoms with Crippen LogP contribution >= 0.6 is 11.6 Å². The van der Waals surface area contributed by atoms with Crippen LogP contribution in [0.4, 0.5) is 0 Å². The topological polar surface area (TPSA) is 37.4 Å². The summed E-state index contributed by atoms with van der Waals surface area (Å²) in [5.41, 5.74) is 1.57. The molecule has 2 rings (SSSR count). The Hall–Kier alpha value is -1.87. The van der Waals surface area contributed by atoms with Gasteiger partial charge in [-0.25, -0.2) is 0 Å². The molecule has 92 valence electrons. The quantitative estimate of drug-likeness (QED) is 0.821. The summed E-state index contributed by atoms with van der Waals surface area (Å²) in [6.07, 6.45) is 0. The van der Waals surface area contributed by atoms with Gasteiger partial charge in [0, 0.05) is 23.9 Å². The Morgan fingerprint density at radius 3 is 2.17 bits per heavy atom. The van der Waals surface area contributed by atoms with Crippen LogP contribution < -0.4 is 0 Å². The van der Waals surface area contributed by atoms with Crippen molar-refractivity contribution in [3.8, 4) is 0 Å². The molecule has 1 aliphatic rings. The van der Waals surface area contributed by atoms with E-state index in [4.69, 9.17) is 11.6 Å². The van der Waals surface area contributed by atoms with Crippen LogP contribution in [0.5, 0.6) is 0 Å². The fraction of sp³-hybridized carbons (Fsp3) is 0.143. The third kappa shape index (κ3) is 1.77. The number of halogens is 1. The molecule has 0 aromatic heterocycles. The molecule has 0 amide bonds. The summed E-state index contributed by atoms with van der Waals surface area (Å²) in [5.74, 6) is -0.573. The predicted molar refractivity (Wildman–Crippen MR) is 70.6 cm³/mol. The molecule has 0 aliphatic heterocycles. The minimum atomic E-state index is -0.324.